The van der Waals surface area contributed by atoms with Crippen LogP contribution in [0.15, 0.2) is 12.1 Å². The van der Waals surface area contributed by atoms with E-state index in [1.165, 1.54) is 0 Å². The van der Waals surface area contributed by atoms with Crippen LogP contribution in [0.5, 0.6) is 0 Å². The van der Waals surface area contributed by atoms with Gasteiger partial charge in [-0.3, -0.25) is 4.90 Å². The van der Waals surface area contributed by atoms with Crippen LogP contribution in [0.1, 0.15) is 12.5 Å². The Morgan fingerprint density at radius 1 is 1.06 bits per heavy atom. The zero-order valence-electron chi connectivity index (χ0n) is 10.6. The van der Waals surface area contributed by atoms with Crippen molar-refractivity contribution in [1.29, 1.82) is 0 Å². The van der Waals surface area contributed by atoms with E-state index in [4.69, 9.17) is 28.9 Å². The number of hydrogen-bond donors (Lipinski definition) is 1. The van der Waals surface area contributed by atoms with E-state index in [0.29, 0.717) is 15.7 Å². The molecule has 5 heteroatoms. The van der Waals surface area contributed by atoms with Gasteiger partial charge in [-0.1, -0.05) is 30.1 Å². The molecule has 1 aliphatic rings. The van der Waals surface area contributed by atoms with Gasteiger partial charge >= 0.3 is 0 Å². The van der Waals surface area contributed by atoms with Gasteiger partial charge in [0.15, 0.2) is 0 Å². The van der Waals surface area contributed by atoms with Gasteiger partial charge in [-0.15, -0.1) is 0 Å². The third-order valence-corrected chi connectivity index (χ3v) is 4.08. The van der Waals surface area contributed by atoms with Crippen molar-refractivity contribution in [2.45, 2.75) is 13.5 Å². The molecule has 0 radical (unpaired) electrons. The minimum absolute atomic E-state index is 0.470. The molecule has 100 valence electrons. The van der Waals surface area contributed by atoms with E-state index < -0.39 is 0 Å². The second-order valence-electron chi connectivity index (χ2n) is 4.68. The van der Waals surface area contributed by atoms with Crippen molar-refractivity contribution in [2.24, 2.45) is 0 Å². The molecule has 0 bridgehead atoms. The average molecular weight is 288 g/mol. The summed E-state index contributed by atoms with van der Waals surface area (Å²) in [5.41, 5.74) is 7.34. The third kappa shape index (κ3) is 3.29. The van der Waals surface area contributed by atoms with E-state index in [-0.39, 0.29) is 0 Å². The molecule has 1 aromatic rings. The van der Waals surface area contributed by atoms with E-state index in [1.54, 1.807) is 0 Å². The van der Waals surface area contributed by atoms with Crippen LogP contribution in [-0.2, 0) is 6.54 Å². The monoisotopic (exact) mass is 287 g/mol. The molecule has 0 aliphatic carbocycles. The van der Waals surface area contributed by atoms with Gasteiger partial charge in [0.2, 0.25) is 0 Å². The summed E-state index contributed by atoms with van der Waals surface area (Å²) in [5.74, 6) is 0. The van der Waals surface area contributed by atoms with Crippen molar-refractivity contribution >= 4 is 28.9 Å². The number of likely N-dealkylation sites (N-methyl/N-ethyl adjacent to an activating group) is 1. The molecule has 2 N–H and O–H groups in total. The SMILES string of the molecule is CCN1CCN(Cc2cc(Cl)c(N)c(Cl)c2)CC1. The number of hydrogen-bond acceptors (Lipinski definition) is 3. The summed E-state index contributed by atoms with van der Waals surface area (Å²) in [5, 5.41) is 1.09. The number of piperazine rings is 1. The molecule has 1 aliphatic heterocycles. The first-order chi connectivity index (χ1) is 8.60. The molecular formula is C13H19Cl2N3. The quantitative estimate of drug-likeness (QED) is 0.868. The molecule has 0 spiro atoms. The number of nitrogens with two attached hydrogens (primary N) is 1. The van der Waals surface area contributed by atoms with E-state index >= 15 is 0 Å². The maximum atomic E-state index is 6.05. The number of benzene rings is 1. The largest absolute Gasteiger partial charge is 0.396 e. The van der Waals surface area contributed by atoms with Gasteiger partial charge in [0.25, 0.3) is 0 Å². The first-order valence-corrected chi connectivity index (χ1v) is 7.04. The lowest BCUT2D eigenvalue weighted by atomic mass is 10.1. The normalized spacial score (nSPS) is 18.2. The van der Waals surface area contributed by atoms with Crippen molar-refractivity contribution in [2.75, 3.05) is 38.5 Å². The first-order valence-electron chi connectivity index (χ1n) is 6.28. The van der Waals surface area contributed by atoms with Gasteiger partial charge in [0, 0.05) is 32.7 Å². The fraction of sp³-hybridized carbons (Fsp3) is 0.538. The zero-order chi connectivity index (χ0) is 13.1. The van der Waals surface area contributed by atoms with E-state index in [0.717, 1.165) is 44.8 Å². The second kappa shape index (κ2) is 6.11. The van der Waals surface area contributed by atoms with Gasteiger partial charge in [-0.2, -0.15) is 0 Å². The molecule has 2 rings (SSSR count). The zero-order valence-corrected chi connectivity index (χ0v) is 12.1. The highest BCUT2D eigenvalue weighted by molar-refractivity contribution is 6.38. The van der Waals surface area contributed by atoms with Crippen LogP contribution < -0.4 is 5.73 Å². The topological polar surface area (TPSA) is 32.5 Å². The smallest absolute Gasteiger partial charge is 0.0693 e. The van der Waals surface area contributed by atoms with Crippen LogP contribution in [-0.4, -0.2) is 42.5 Å². The molecule has 0 amide bonds. The minimum atomic E-state index is 0.470. The highest BCUT2D eigenvalue weighted by Crippen LogP contribution is 2.29. The summed E-state index contributed by atoms with van der Waals surface area (Å²) in [4.78, 5) is 4.88. The molecule has 3 nitrogen and oxygen atoms in total. The number of nitrogens with zero attached hydrogens (tertiary/aromatic N) is 2. The lowest BCUT2D eigenvalue weighted by Gasteiger charge is -2.34. The molecule has 0 saturated carbocycles. The summed E-state index contributed by atoms with van der Waals surface area (Å²) in [6.07, 6.45) is 0. The number of anilines is 1. The van der Waals surface area contributed by atoms with Gasteiger partial charge in [0.1, 0.15) is 0 Å². The molecule has 18 heavy (non-hydrogen) atoms. The van der Waals surface area contributed by atoms with Gasteiger partial charge < -0.3 is 10.6 Å². The van der Waals surface area contributed by atoms with Crippen LogP contribution in [0.2, 0.25) is 10.0 Å². The van der Waals surface area contributed by atoms with Gasteiger partial charge in [0.05, 0.1) is 15.7 Å². The van der Waals surface area contributed by atoms with Gasteiger partial charge in [-0.05, 0) is 24.2 Å². The van der Waals surface area contributed by atoms with Crippen LogP contribution in [0, 0.1) is 0 Å². The van der Waals surface area contributed by atoms with Crippen molar-refractivity contribution in [3.05, 3.63) is 27.7 Å². The lowest BCUT2D eigenvalue weighted by molar-refractivity contribution is 0.132. The third-order valence-electron chi connectivity index (χ3n) is 3.46. The Balaban J connectivity index is 1.98. The summed E-state index contributed by atoms with van der Waals surface area (Å²) in [6.45, 7) is 8.67. The van der Waals surface area contributed by atoms with Crippen molar-refractivity contribution < 1.29 is 0 Å². The Bertz CT molecular complexity index is 392. The van der Waals surface area contributed by atoms with E-state index in [2.05, 4.69) is 16.7 Å². The molecule has 1 fully saturated rings. The molecular weight excluding hydrogens is 269 g/mol. The van der Waals surface area contributed by atoms with Crippen LogP contribution in [0.4, 0.5) is 5.69 Å². The van der Waals surface area contributed by atoms with E-state index in [9.17, 15) is 0 Å². The van der Waals surface area contributed by atoms with E-state index in [1.807, 2.05) is 12.1 Å². The number of rotatable bonds is 3. The average Bonchev–Trinajstić information content (AvgIpc) is 2.37. The Labute approximate surface area is 118 Å². The summed E-state index contributed by atoms with van der Waals surface area (Å²) < 4.78 is 0. The Morgan fingerprint density at radius 3 is 2.06 bits per heavy atom. The standard InChI is InChI=1S/C13H19Cl2N3/c1-2-17-3-5-18(6-4-17)9-10-7-11(14)13(16)12(15)8-10/h7-8H,2-6,9,16H2,1H3. The Morgan fingerprint density at radius 2 is 1.56 bits per heavy atom. The summed E-state index contributed by atoms with van der Waals surface area (Å²) in [6, 6.07) is 3.82. The number of halogens is 2. The maximum absolute atomic E-state index is 6.05. The Hall–Kier alpha value is -0.480. The van der Waals surface area contributed by atoms with Crippen LogP contribution in [0.3, 0.4) is 0 Å². The highest BCUT2D eigenvalue weighted by atomic mass is 35.5. The maximum Gasteiger partial charge on any atom is 0.0693 e. The first kappa shape index (κ1) is 13.9. The van der Waals surface area contributed by atoms with Crippen molar-refractivity contribution in [3.63, 3.8) is 0 Å². The fourth-order valence-corrected chi connectivity index (χ4v) is 2.78. The Kier molecular flexibility index (Phi) is 4.73. The van der Waals surface area contributed by atoms with Gasteiger partial charge in [-0.25, -0.2) is 0 Å². The summed E-state index contributed by atoms with van der Waals surface area (Å²) in [7, 11) is 0. The summed E-state index contributed by atoms with van der Waals surface area (Å²) >= 11 is 12.1. The predicted octanol–water partition coefficient (Wildman–Crippen LogP) is 2.71. The second-order valence-corrected chi connectivity index (χ2v) is 5.50. The lowest BCUT2D eigenvalue weighted by Crippen LogP contribution is -2.45. The minimum Gasteiger partial charge on any atom is -0.396 e. The number of nitrogen functional groups attached to an aromatic ring is 1. The van der Waals surface area contributed by atoms with Crippen LogP contribution >= 0.6 is 23.2 Å². The molecule has 0 atom stereocenters. The molecule has 0 unspecified atom stereocenters. The van der Waals surface area contributed by atoms with Crippen LogP contribution in [0.25, 0.3) is 0 Å². The highest BCUT2D eigenvalue weighted by Gasteiger charge is 2.16. The predicted molar refractivity (Wildman–Crippen MR) is 78.3 cm³/mol. The molecule has 1 saturated heterocycles. The van der Waals surface area contributed by atoms with Crippen molar-refractivity contribution in [3.8, 4) is 0 Å². The molecule has 1 aromatic carbocycles. The van der Waals surface area contributed by atoms with Crippen molar-refractivity contribution in [1.82, 2.24) is 9.80 Å². The fourth-order valence-electron chi connectivity index (χ4n) is 2.25. The molecule has 0 aromatic heterocycles. The molecule has 1 heterocycles.